The van der Waals surface area contributed by atoms with Gasteiger partial charge in [0.1, 0.15) is 16.9 Å². The summed E-state index contributed by atoms with van der Waals surface area (Å²) >= 11 is 0. The number of aromatic nitrogens is 4. The summed E-state index contributed by atoms with van der Waals surface area (Å²) < 4.78 is 17.2. The highest BCUT2D eigenvalue weighted by atomic mass is 19.1. The van der Waals surface area contributed by atoms with Gasteiger partial charge in [-0.15, -0.1) is 0 Å². The summed E-state index contributed by atoms with van der Waals surface area (Å²) in [6.07, 6.45) is 1.61. The molecule has 1 saturated heterocycles. The van der Waals surface area contributed by atoms with E-state index in [-0.39, 0.29) is 11.2 Å². The summed E-state index contributed by atoms with van der Waals surface area (Å²) in [5.41, 5.74) is 3.63. The molecule has 5 rings (SSSR count). The Kier molecular flexibility index (Phi) is 5.33. The fraction of sp³-hybridized carbons (Fsp3) is 0.292. The second kappa shape index (κ2) is 8.32. The highest BCUT2D eigenvalue weighted by molar-refractivity contribution is 5.75. The van der Waals surface area contributed by atoms with Crippen molar-refractivity contribution in [2.45, 2.75) is 6.92 Å². The fourth-order valence-corrected chi connectivity index (χ4v) is 4.38. The zero-order valence-electron chi connectivity index (χ0n) is 19.0. The van der Waals surface area contributed by atoms with Gasteiger partial charge in [0, 0.05) is 38.9 Å². The number of piperazine rings is 1. The van der Waals surface area contributed by atoms with E-state index in [4.69, 9.17) is 0 Å². The number of para-hydroxylation sites is 1. The highest BCUT2D eigenvalue weighted by Crippen LogP contribution is 2.25. The maximum Gasteiger partial charge on any atom is 0.396 e. The number of nitrogens with zero attached hydrogens (tertiary/aromatic N) is 5. The average molecular weight is 449 g/mol. The maximum atomic E-state index is 14.3. The van der Waals surface area contributed by atoms with Crippen molar-refractivity contribution in [3.05, 3.63) is 70.4 Å². The van der Waals surface area contributed by atoms with Crippen molar-refractivity contribution < 1.29 is 9.37 Å². The third-order valence-corrected chi connectivity index (χ3v) is 6.23. The molecule has 4 aromatic rings. The molecule has 2 aromatic carbocycles. The van der Waals surface area contributed by atoms with Crippen LogP contribution in [-0.2, 0) is 7.05 Å². The lowest BCUT2D eigenvalue weighted by Crippen LogP contribution is -2.44. The summed E-state index contributed by atoms with van der Waals surface area (Å²) in [5, 5.41) is 3.67. The summed E-state index contributed by atoms with van der Waals surface area (Å²) in [6.45, 7) is 6.26. The molecule has 0 aliphatic carbocycles. The lowest BCUT2D eigenvalue weighted by molar-refractivity contribution is -0.362. The molecule has 0 atom stereocenters. The second-order valence-corrected chi connectivity index (χ2v) is 8.49. The van der Waals surface area contributed by atoms with Crippen molar-refractivity contribution in [2.24, 2.45) is 7.05 Å². The minimum absolute atomic E-state index is 0.188. The number of halogens is 1. The van der Waals surface area contributed by atoms with Gasteiger partial charge < -0.3 is 9.80 Å². The molecule has 0 unspecified atom stereocenters. The molecule has 1 aliphatic rings. The number of anilines is 3. The Balaban J connectivity index is 1.44. The molecule has 0 spiro atoms. The van der Waals surface area contributed by atoms with Gasteiger partial charge in [-0.25, -0.2) is 24.1 Å². The van der Waals surface area contributed by atoms with Crippen molar-refractivity contribution in [1.29, 1.82) is 0 Å². The van der Waals surface area contributed by atoms with Gasteiger partial charge in [0.25, 0.3) is 5.56 Å². The minimum atomic E-state index is -0.469. The van der Waals surface area contributed by atoms with Crippen LogP contribution in [-0.4, -0.2) is 52.5 Å². The van der Waals surface area contributed by atoms with E-state index in [9.17, 15) is 9.18 Å². The number of likely N-dealkylation sites (N-methyl/N-ethyl adjacent to an activating group) is 1. The lowest BCUT2D eigenvalue weighted by Gasteiger charge is -2.35. The molecule has 0 saturated carbocycles. The first-order valence-corrected chi connectivity index (χ1v) is 11.0. The third-order valence-electron chi connectivity index (χ3n) is 6.23. The summed E-state index contributed by atoms with van der Waals surface area (Å²) in [6, 6.07) is 12.5. The van der Waals surface area contributed by atoms with E-state index in [1.54, 1.807) is 36.1 Å². The topological polar surface area (TPSA) is 72.5 Å². The van der Waals surface area contributed by atoms with Crippen molar-refractivity contribution in [3.63, 3.8) is 0 Å². The van der Waals surface area contributed by atoms with Gasteiger partial charge in [0.05, 0.1) is 11.9 Å². The molecule has 33 heavy (non-hydrogen) atoms. The first-order chi connectivity index (χ1) is 15.9. The van der Waals surface area contributed by atoms with E-state index in [1.807, 2.05) is 6.07 Å². The normalized spacial score (nSPS) is 14.7. The first-order valence-electron chi connectivity index (χ1n) is 11.0. The number of hydrogen-bond donors (Lipinski definition) is 1. The number of benzene rings is 2. The van der Waals surface area contributed by atoms with Crippen LogP contribution in [0.2, 0.25) is 0 Å². The van der Waals surface area contributed by atoms with E-state index in [2.05, 4.69) is 51.2 Å². The quantitative estimate of drug-likeness (QED) is 0.519. The molecule has 3 heterocycles. The molecule has 1 aliphatic heterocycles. The van der Waals surface area contributed by atoms with E-state index < -0.39 is 5.82 Å². The molecular weight excluding hydrogens is 421 g/mol. The van der Waals surface area contributed by atoms with Crippen LogP contribution in [0.1, 0.15) is 5.56 Å². The Hall–Kier alpha value is -3.72. The van der Waals surface area contributed by atoms with Crippen LogP contribution < -0.4 is 20.8 Å². The van der Waals surface area contributed by atoms with Crippen LogP contribution in [0, 0.1) is 12.7 Å². The Bertz CT molecular complexity index is 1390. The number of aromatic amines is 1. The smallest absolute Gasteiger partial charge is 0.369 e. The number of rotatable bonds is 4. The number of hydrogen-bond acceptors (Lipinski definition) is 5. The van der Waals surface area contributed by atoms with Crippen LogP contribution in [0.25, 0.3) is 16.7 Å². The molecule has 0 amide bonds. The number of H-pyrrole nitrogens is 1. The Labute approximate surface area is 190 Å². The Morgan fingerprint density at radius 2 is 1.79 bits per heavy atom. The van der Waals surface area contributed by atoms with Crippen LogP contribution >= 0.6 is 0 Å². The van der Waals surface area contributed by atoms with Gasteiger partial charge in [0.2, 0.25) is 5.65 Å². The predicted molar refractivity (Wildman–Crippen MR) is 127 cm³/mol. The van der Waals surface area contributed by atoms with Gasteiger partial charge in [-0.2, -0.15) is 0 Å². The Morgan fingerprint density at radius 1 is 1.03 bits per heavy atom. The van der Waals surface area contributed by atoms with Crippen molar-refractivity contribution in [1.82, 2.24) is 19.2 Å². The molecule has 2 aromatic heterocycles. The molecule has 1 fully saturated rings. The predicted octanol–water partition coefficient (Wildman–Crippen LogP) is 2.48. The van der Waals surface area contributed by atoms with Gasteiger partial charge in [-0.1, -0.05) is 17.1 Å². The van der Waals surface area contributed by atoms with Crippen LogP contribution in [0.5, 0.6) is 0 Å². The zero-order valence-corrected chi connectivity index (χ0v) is 19.0. The third kappa shape index (κ3) is 3.84. The molecule has 9 heteroatoms. The van der Waals surface area contributed by atoms with Crippen molar-refractivity contribution in [2.75, 3.05) is 43.4 Å². The number of fused-ring (bicyclic) bond motifs is 1. The fourth-order valence-electron chi connectivity index (χ4n) is 4.38. The molecule has 2 N–H and O–H groups in total. The van der Waals surface area contributed by atoms with Crippen LogP contribution in [0.15, 0.2) is 53.5 Å². The standard InChI is InChI=1S/C24H26FN7O/c1-16-14-17(8-9-20(16)31-12-10-29(2)11-13-31)27-24-26-15-18-22(28-24)30(3)32(23(18)33)21-7-5-4-6-19(21)25/h4-9,14-15H,10-13H2,1-3H3,(H,26,27,28)/p+1. The largest absolute Gasteiger partial charge is 0.396 e. The van der Waals surface area contributed by atoms with Crippen LogP contribution in [0.4, 0.5) is 21.7 Å². The minimum Gasteiger partial charge on any atom is -0.369 e. The molecular formula is C24H27FN7O+. The monoisotopic (exact) mass is 448 g/mol. The molecule has 0 radical (unpaired) electrons. The van der Waals surface area contributed by atoms with E-state index in [1.165, 1.54) is 22.0 Å². The van der Waals surface area contributed by atoms with Gasteiger partial charge in [-0.05, 0) is 49.9 Å². The highest BCUT2D eigenvalue weighted by Gasteiger charge is 2.21. The Morgan fingerprint density at radius 3 is 2.52 bits per heavy atom. The van der Waals surface area contributed by atoms with Gasteiger partial charge >= 0.3 is 5.95 Å². The number of nitrogens with one attached hydrogen (secondary N) is 2. The van der Waals surface area contributed by atoms with E-state index >= 15 is 0 Å². The van der Waals surface area contributed by atoms with Gasteiger partial charge in [-0.3, -0.25) is 4.79 Å². The van der Waals surface area contributed by atoms with Crippen molar-refractivity contribution >= 4 is 28.4 Å². The lowest BCUT2D eigenvalue weighted by atomic mass is 10.1. The molecule has 170 valence electrons. The maximum absolute atomic E-state index is 14.3. The average Bonchev–Trinajstić information content (AvgIpc) is 3.05. The number of aryl methyl sites for hydroxylation is 2. The second-order valence-electron chi connectivity index (χ2n) is 8.49. The van der Waals surface area contributed by atoms with Crippen molar-refractivity contribution in [3.8, 4) is 5.69 Å². The van der Waals surface area contributed by atoms with E-state index in [0.29, 0.717) is 17.0 Å². The molecule has 8 nitrogen and oxygen atoms in total. The summed E-state index contributed by atoms with van der Waals surface area (Å²) in [4.78, 5) is 25.3. The van der Waals surface area contributed by atoms with Crippen LogP contribution in [0.3, 0.4) is 0 Å². The van der Waals surface area contributed by atoms with E-state index in [0.717, 1.165) is 31.9 Å². The molecule has 0 bridgehead atoms. The first kappa shape index (κ1) is 21.1. The SMILES string of the molecule is Cc1cc(Nc2nc3c(c[nH+]2)c(=O)n(-c2ccccc2F)n3C)ccc1N1CCN(C)CC1. The van der Waals surface area contributed by atoms with Gasteiger partial charge in [0.15, 0.2) is 0 Å². The summed E-state index contributed by atoms with van der Waals surface area (Å²) in [5.74, 6) is 0.0271. The summed E-state index contributed by atoms with van der Waals surface area (Å²) in [7, 11) is 3.85. The zero-order chi connectivity index (χ0) is 23.1.